The van der Waals surface area contributed by atoms with Crippen molar-refractivity contribution in [1.82, 2.24) is 39.8 Å². The maximum absolute atomic E-state index is 14.9. The molecule has 0 saturated carbocycles. The number of pyridine rings is 1. The van der Waals surface area contributed by atoms with Gasteiger partial charge in [0.25, 0.3) is 11.8 Å². The number of carbonyl (C=O) groups excluding carboxylic acids is 2. The Morgan fingerprint density at radius 3 is 2.44 bits per heavy atom. The number of methoxy groups -OCH3 is 2. The number of anilines is 1. The van der Waals surface area contributed by atoms with Gasteiger partial charge in [0.1, 0.15) is 23.6 Å². The Hall–Kier alpha value is -5.09. The standard InChI is InChI=1S/C24H21F4N9O4/c1-40-21-13(3-11(5-30-21)17-4-14(24(26,27)28)18-19(29)33-10-34-37(17)18)20(38)35-16-9-36(8-15(16)25)22(39)12-6-31-23(41-2)32-7-12/h3-7,10,15-16H,8-9H2,1-2H3,(H,35,38)(H2,29,33,34)/t15-,16+/m0/s1. The second-order valence-corrected chi connectivity index (χ2v) is 8.89. The number of ether oxygens (including phenoxy) is 2. The van der Waals surface area contributed by atoms with Crippen molar-refractivity contribution in [2.75, 3.05) is 33.0 Å². The molecule has 17 heteroatoms. The fraction of sp³-hybridized carbons (Fsp3) is 0.292. The quantitative estimate of drug-likeness (QED) is 0.324. The Bertz CT molecular complexity index is 1630. The van der Waals surface area contributed by atoms with E-state index in [1.165, 1.54) is 43.8 Å². The Morgan fingerprint density at radius 1 is 1.05 bits per heavy atom. The highest BCUT2D eigenvalue weighted by molar-refractivity contribution is 5.98. The van der Waals surface area contributed by atoms with Crippen LogP contribution in [0.3, 0.4) is 0 Å². The molecule has 41 heavy (non-hydrogen) atoms. The summed E-state index contributed by atoms with van der Waals surface area (Å²) in [5, 5.41) is 6.40. The molecule has 0 unspecified atom stereocenters. The number of likely N-dealkylation sites (tertiary alicyclic amines) is 1. The number of carbonyl (C=O) groups is 2. The highest BCUT2D eigenvalue weighted by atomic mass is 19.4. The fourth-order valence-electron chi connectivity index (χ4n) is 4.43. The molecule has 0 spiro atoms. The van der Waals surface area contributed by atoms with Crippen LogP contribution in [0.4, 0.5) is 23.4 Å². The summed E-state index contributed by atoms with van der Waals surface area (Å²) in [6.07, 6.45) is -1.73. The third-order valence-electron chi connectivity index (χ3n) is 6.38. The molecule has 0 aliphatic carbocycles. The minimum Gasteiger partial charge on any atom is -0.480 e. The van der Waals surface area contributed by atoms with E-state index >= 15 is 0 Å². The van der Waals surface area contributed by atoms with Gasteiger partial charge in [0.05, 0.1) is 43.6 Å². The van der Waals surface area contributed by atoms with Gasteiger partial charge >= 0.3 is 12.2 Å². The molecule has 4 aromatic heterocycles. The van der Waals surface area contributed by atoms with Gasteiger partial charge in [-0.1, -0.05) is 0 Å². The largest absolute Gasteiger partial charge is 0.480 e. The average molecular weight is 575 g/mol. The number of hydrogen-bond acceptors (Lipinski definition) is 10. The molecule has 5 heterocycles. The van der Waals surface area contributed by atoms with Crippen molar-refractivity contribution >= 4 is 23.1 Å². The number of nitrogens with zero attached hydrogens (tertiary/aromatic N) is 7. The second kappa shape index (κ2) is 10.5. The van der Waals surface area contributed by atoms with E-state index in [9.17, 15) is 27.2 Å². The van der Waals surface area contributed by atoms with E-state index < -0.39 is 47.1 Å². The van der Waals surface area contributed by atoms with Crippen molar-refractivity contribution in [2.45, 2.75) is 18.4 Å². The van der Waals surface area contributed by atoms with Crippen molar-refractivity contribution in [1.29, 1.82) is 0 Å². The van der Waals surface area contributed by atoms with Crippen LogP contribution in [0.15, 0.2) is 37.1 Å². The zero-order valence-electron chi connectivity index (χ0n) is 21.4. The van der Waals surface area contributed by atoms with Gasteiger partial charge in [0, 0.05) is 30.7 Å². The number of halogens is 4. The van der Waals surface area contributed by atoms with Crippen molar-refractivity contribution in [3.8, 4) is 23.1 Å². The van der Waals surface area contributed by atoms with Crippen LogP contribution >= 0.6 is 0 Å². The van der Waals surface area contributed by atoms with Crippen LogP contribution in [0.1, 0.15) is 26.3 Å². The van der Waals surface area contributed by atoms with Crippen LogP contribution in [0, 0.1) is 0 Å². The number of rotatable bonds is 6. The summed E-state index contributed by atoms with van der Waals surface area (Å²) in [4.78, 5) is 42.6. The molecular weight excluding hydrogens is 554 g/mol. The molecule has 13 nitrogen and oxygen atoms in total. The van der Waals surface area contributed by atoms with Gasteiger partial charge < -0.3 is 25.4 Å². The first kappa shape index (κ1) is 27.5. The van der Waals surface area contributed by atoms with Crippen LogP contribution in [-0.2, 0) is 6.18 Å². The predicted octanol–water partition coefficient (Wildman–Crippen LogP) is 1.79. The van der Waals surface area contributed by atoms with Crippen molar-refractivity contribution in [3.05, 3.63) is 53.7 Å². The lowest BCUT2D eigenvalue weighted by Crippen LogP contribution is -2.42. The fourth-order valence-corrected chi connectivity index (χ4v) is 4.43. The lowest BCUT2D eigenvalue weighted by atomic mass is 10.1. The van der Waals surface area contributed by atoms with Crippen molar-refractivity contribution in [2.24, 2.45) is 0 Å². The summed E-state index contributed by atoms with van der Waals surface area (Å²) in [5.41, 5.74) is 4.08. The van der Waals surface area contributed by atoms with Gasteiger partial charge in [-0.3, -0.25) is 9.59 Å². The van der Waals surface area contributed by atoms with E-state index in [2.05, 4.69) is 30.4 Å². The molecule has 0 bridgehead atoms. The van der Waals surface area contributed by atoms with Crippen LogP contribution < -0.4 is 20.5 Å². The first-order chi connectivity index (χ1) is 19.5. The SMILES string of the molecule is COc1ncc(C(=O)N2C[C@H](F)[C@H](NC(=O)c3cc(-c4cc(C(F)(F)F)c5c(N)ncnn45)cnc3OC)C2)cn1. The number of alkyl halides is 4. The summed E-state index contributed by atoms with van der Waals surface area (Å²) in [5.74, 6) is -1.92. The van der Waals surface area contributed by atoms with Gasteiger partial charge in [-0.15, -0.1) is 0 Å². The number of amides is 2. The lowest BCUT2D eigenvalue weighted by Gasteiger charge is -2.17. The van der Waals surface area contributed by atoms with E-state index in [1.807, 2.05) is 0 Å². The Kier molecular flexibility index (Phi) is 7.02. The van der Waals surface area contributed by atoms with Gasteiger partial charge in [-0.05, 0) is 12.1 Å². The molecular formula is C24H21F4N9O4. The Balaban J connectivity index is 1.41. The Morgan fingerprint density at radius 2 is 1.78 bits per heavy atom. The third kappa shape index (κ3) is 5.12. The van der Waals surface area contributed by atoms with Crippen molar-refractivity contribution in [3.63, 3.8) is 0 Å². The summed E-state index contributed by atoms with van der Waals surface area (Å²) in [6.45, 7) is -0.468. The first-order valence-electron chi connectivity index (χ1n) is 11.9. The molecule has 214 valence electrons. The normalized spacial score (nSPS) is 17.1. The zero-order valence-corrected chi connectivity index (χ0v) is 21.4. The highest BCUT2D eigenvalue weighted by Gasteiger charge is 2.38. The molecule has 2 amide bonds. The van der Waals surface area contributed by atoms with Crippen LogP contribution in [-0.4, -0.2) is 85.8 Å². The number of hydrogen-bond donors (Lipinski definition) is 2. The van der Waals surface area contributed by atoms with E-state index in [4.69, 9.17) is 15.2 Å². The summed E-state index contributed by atoms with van der Waals surface area (Å²) < 4.78 is 67.1. The molecule has 0 radical (unpaired) electrons. The monoisotopic (exact) mass is 575 g/mol. The van der Waals surface area contributed by atoms with E-state index in [1.54, 1.807) is 0 Å². The molecule has 4 aromatic rings. The van der Waals surface area contributed by atoms with Gasteiger partial charge in [0.2, 0.25) is 5.88 Å². The molecule has 1 saturated heterocycles. The summed E-state index contributed by atoms with van der Waals surface area (Å²) in [7, 11) is 2.61. The number of nitrogens with two attached hydrogens (primary N) is 1. The highest BCUT2D eigenvalue weighted by Crippen LogP contribution is 2.39. The first-order valence-corrected chi connectivity index (χ1v) is 11.9. The van der Waals surface area contributed by atoms with Gasteiger partial charge in [0.15, 0.2) is 5.82 Å². The van der Waals surface area contributed by atoms with Crippen LogP contribution in [0.25, 0.3) is 16.8 Å². The van der Waals surface area contributed by atoms with E-state index in [-0.39, 0.29) is 47.4 Å². The van der Waals surface area contributed by atoms with Crippen LogP contribution in [0.5, 0.6) is 11.9 Å². The maximum atomic E-state index is 14.9. The Labute approximate surface area is 228 Å². The summed E-state index contributed by atoms with van der Waals surface area (Å²) >= 11 is 0. The molecule has 2 atom stereocenters. The predicted molar refractivity (Wildman–Crippen MR) is 133 cm³/mol. The third-order valence-corrected chi connectivity index (χ3v) is 6.38. The van der Waals surface area contributed by atoms with Gasteiger partial charge in [-0.2, -0.15) is 18.3 Å². The molecule has 1 aliphatic heterocycles. The van der Waals surface area contributed by atoms with Gasteiger partial charge in [-0.25, -0.2) is 28.8 Å². The minimum atomic E-state index is -4.78. The topological polar surface area (TPSA) is 163 Å². The maximum Gasteiger partial charge on any atom is 0.418 e. The molecule has 1 aliphatic rings. The molecule has 3 N–H and O–H groups in total. The lowest BCUT2D eigenvalue weighted by molar-refractivity contribution is -0.136. The number of nitrogens with one attached hydrogen (secondary N) is 1. The van der Waals surface area contributed by atoms with Crippen molar-refractivity contribution < 1.29 is 36.6 Å². The number of nitrogen functional groups attached to an aromatic ring is 1. The smallest absolute Gasteiger partial charge is 0.418 e. The number of aromatic nitrogens is 6. The number of fused-ring (bicyclic) bond motifs is 1. The molecule has 5 rings (SSSR count). The average Bonchev–Trinajstić information content (AvgIpc) is 3.54. The van der Waals surface area contributed by atoms with E-state index in [0.29, 0.717) is 0 Å². The molecule has 1 fully saturated rings. The van der Waals surface area contributed by atoms with Crippen LogP contribution in [0.2, 0.25) is 0 Å². The second-order valence-electron chi connectivity index (χ2n) is 8.89. The van der Waals surface area contributed by atoms with E-state index in [0.717, 1.165) is 16.9 Å². The minimum absolute atomic E-state index is 0.0555. The zero-order chi connectivity index (χ0) is 29.5. The molecule has 0 aromatic carbocycles. The summed E-state index contributed by atoms with van der Waals surface area (Å²) in [6, 6.07) is 1.01.